The molecule has 0 N–H and O–H groups in total. The Kier molecular flexibility index (Phi) is 6.28. The second kappa shape index (κ2) is 9.46. The van der Waals surface area contributed by atoms with Crippen molar-refractivity contribution in [2.75, 3.05) is 49.6 Å². The third-order valence-corrected chi connectivity index (χ3v) is 6.78. The zero-order valence-corrected chi connectivity index (χ0v) is 20.0. The average molecular weight is 494 g/mol. The molecule has 0 spiro atoms. The summed E-state index contributed by atoms with van der Waals surface area (Å²) in [5, 5.41) is 0. The molecule has 5 rings (SSSR count). The van der Waals surface area contributed by atoms with Crippen molar-refractivity contribution in [2.45, 2.75) is 19.5 Å². The van der Waals surface area contributed by atoms with Crippen LogP contribution in [0.4, 0.5) is 11.6 Å². The number of hydrogen-bond donors (Lipinski definition) is 0. The smallest absolute Gasteiger partial charge is 0.225 e. The first-order valence-corrected chi connectivity index (χ1v) is 11.9. The minimum Gasteiger partial charge on any atom is -0.495 e. The number of methoxy groups -OCH3 is 1. The molecule has 0 saturated carbocycles. The number of benzene rings is 2. The van der Waals surface area contributed by atoms with Gasteiger partial charge in [0.2, 0.25) is 5.95 Å². The predicted octanol–water partition coefficient (Wildman–Crippen LogP) is 4.13. The van der Waals surface area contributed by atoms with Crippen LogP contribution in [0, 0.1) is 0 Å². The predicted molar refractivity (Wildman–Crippen MR) is 131 cm³/mol. The third-order valence-electron chi connectivity index (χ3n) is 6.28. The molecular formula is C25H28BrN5O. The van der Waals surface area contributed by atoms with Gasteiger partial charge in [-0.25, -0.2) is 9.97 Å². The van der Waals surface area contributed by atoms with Crippen LogP contribution in [0.25, 0.3) is 0 Å². The van der Waals surface area contributed by atoms with E-state index in [4.69, 9.17) is 14.7 Å². The van der Waals surface area contributed by atoms with Gasteiger partial charge in [0.05, 0.1) is 18.5 Å². The first-order valence-electron chi connectivity index (χ1n) is 11.1. The van der Waals surface area contributed by atoms with Gasteiger partial charge in [-0.15, -0.1) is 0 Å². The van der Waals surface area contributed by atoms with E-state index in [0.717, 1.165) is 74.1 Å². The summed E-state index contributed by atoms with van der Waals surface area (Å²) >= 11 is 3.57. The number of fused-ring (bicyclic) bond motifs is 1. The van der Waals surface area contributed by atoms with Crippen molar-refractivity contribution < 1.29 is 4.74 Å². The van der Waals surface area contributed by atoms with Crippen LogP contribution in [0.3, 0.4) is 0 Å². The van der Waals surface area contributed by atoms with E-state index in [0.29, 0.717) is 0 Å². The highest BCUT2D eigenvalue weighted by Crippen LogP contribution is 2.29. The molecule has 0 aliphatic carbocycles. The molecule has 0 unspecified atom stereocenters. The average Bonchev–Trinajstić information content (AvgIpc) is 2.84. The number of para-hydroxylation sites is 2. The Morgan fingerprint density at radius 3 is 2.59 bits per heavy atom. The van der Waals surface area contributed by atoms with Gasteiger partial charge >= 0.3 is 0 Å². The first-order chi connectivity index (χ1) is 15.7. The molecule has 3 heterocycles. The highest BCUT2D eigenvalue weighted by molar-refractivity contribution is 9.10. The number of nitrogens with zero attached hydrogens (tertiary/aromatic N) is 5. The lowest BCUT2D eigenvalue weighted by molar-refractivity contribution is 0.243. The Morgan fingerprint density at radius 1 is 0.969 bits per heavy atom. The molecule has 166 valence electrons. The molecule has 0 bridgehead atoms. The fourth-order valence-corrected chi connectivity index (χ4v) is 5.03. The quantitative estimate of drug-likeness (QED) is 0.532. The van der Waals surface area contributed by atoms with Gasteiger partial charge in [-0.3, -0.25) is 4.90 Å². The molecule has 2 aromatic carbocycles. The van der Waals surface area contributed by atoms with E-state index in [1.807, 2.05) is 18.3 Å². The van der Waals surface area contributed by atoms with E-state index in [1.54, 1.807) is 7.11 Å². The number of halogens is 1. The molecule has 0 radical (unpaired) electrons. The lowest BCUT2D eigenvalue weighted by Crippen LogP contribution is -2.47. The van der Waals surface area contributed by atoms with Gasteiger partial charge in [0.1, 0.15) is 5.75 Å². The van der Waals surface area contributed by atoms with Gasteiger partial charge in [-0.1, -0.05) is 40.2 Å². The Bertz CT molecular complexity index is 1080. The molecule has 1 fully saturated rings. The second-order valence-corrected chi connectivity index (χ2v) is 9.29. The van der Waals surface area contributed by atoms with Crippen molar-refractivity contribution in [1.29, 1.82) is 0 Å². The Balaban J connectivity index is 1.22. The highest BCUT2D eigenvalue weighted by Gasteiger charge is 2.24. The SMILES string of the molecule is COc1ccccc1N1CCN(c2ncc3c(n2)CCN(Cc2cccc(Br)c2)C3)CC1. The van der Waals surface area contributed by atoms with E-state index < -0.39 is 0 Å². The van der Waals surface area contributed by atoms with Crippen LogP contribution >= 0.6 is 15.9 Å². The van der Waals surface area contributed by atoms with Gasteiger partial charge in [-0.2, -0.15) is 0 Å². The first kappa shape index (κ1) is 21.2. The maximum Gasteiger partial charge on any atom is 0.225 e. The summed E-state index contributed by atoms with van der Waals surface area (Å²) < 4.78 is 6.67. The fourth-order valence-electron chi connectivity index (χ4n) is 4.58. The molecule has 2 aliphatic heterocycles. The van der Waals surface area contributed by atoms with Gasteiger partial charge in [0.25, 0.3) is 0 Å². The minimum atomic E-state index is 0.865. The van der Waals surface area contributed by atoms with Crippen molar-refractivity contribution in [3.05, 3.63) is 76.0 Å². The minimum absolute atomic E-state index is 0.865. The summed E-state index contributed by atoms with van der Waals surface area (Å²) in [6, 6.07) is 16.8. The molecule has 1 saturated heterocycles. The molecule has 2 aliphatic rings. The lowest BCUT2D eigenvalue weighted by Gasteiger charge is -2.37. The Labute approximate surface area is 198 Å². The summed E-state index contributed by atoms with van der Waals surface area (Å²) in [4.78, 5) is 16.9. The Morgan fingerprint density at radius 2 is 1.78 bits per heavy atom. The van der Waals surface area contributed by atoms with Gasteiger partial charge in [0.15, 0.2) is 0 Å². The monoisotopic (exact) mass is 493 g/mol. The fraction of sp³-hybridized carbons (Fsp3) is 0.360. The highest BCUT2D eigenvalue weighted by atomic mass is 79.9. The summed E-state index contributed by atoms with van der Waals surface area (Å²) in [5.41, 5.74) is 4.94. The molecule has 0 atom stereocenters. The summed E-state index contributed by atoms with van der Waals surface area (Å²) in [6.07, 6.45) is 3.01. The standard InChI is InChI=1S/C25H28BrN5O/c1-32-24-8-3-2-7-23(24)30-11-13-31(14-12-30)25-27-16-20-18-29(10-9-22(20)28-25)17-19-5-4-6-21(26)15-19/h2-8,15-16H,9-14,17-18H2,1H3. The second-order valence-electron chi connectivity index (χ2n) is 8.38. The molecule has 3 aromatic rings. The molecule has 7 heteroatoms. The number of ether oxygens (including phenoxy) is 1. The van der Waals surface area contributed by atoms with Crippen molar-refractivity contribution in [2.24, 2.45) is 0 Å². The topological polar surface area (TPSA) is 44.7 Å². The number of hydrogen-bond acceptors (Lipinski definition) is 6. The van der Waals surface area contributed by atoms with Crippen molar-refractivity contribution >= 4 is 27.6 Å². The van der Waals surface area contributed by atoms with Crippen molar-refractivity contribution in [3.63, 3.8) is 0 Å². The van der Waals surface area contributed by atoms with Crippen LogP contribution in [-0.4, -0.2) is 54.7 Å². The molecule has 6 nitrogen and oxygen atoms in total. The zero-order valence-electron chi connectivity index (χ0n) is 18.4. The van der Waals surface area contributed by atoms with Crippen LogP contribution in [0.1, 0.15) is 16.8 Å². The zero-order chi connectivity index (χ0) is 21.9. The number of aromatic nitrogens is 2. The maximum atomic E-state index is 5.54. The number of anilines is 2. The normalized spacial score (nSPS) is 16.7. The van der Waals surface area contributed by atoms with Gasteiger partial charge in [-0.05, 0) is 29.8 Å². The van der Waals surface area contributed by atoms with Crippen LogP contribution in [0.5, 0.6) is 5.75 Å². The maximum absolute atomic E-state index is 5.54. The number of rotatable bonds is 5. The summed E-state index contributed by atoms with van der Waals surface area (Å²) in [6.45, 7) is 6.56. The van der Waals surface area contributed by atoms with E-state index in [1.165, 1.54) is 16.8 Å². The molecular weight excluding hydrogens is 466 g/mol. The third kappa shape index (κ3) is 4.59. The van der Waals surface area contributed by atoms with E-state index in [2.05, 4.69) is 67.0 Å². The van der Waals surface area contributed by atoms with Gasteiger partial charge < -0.3 is 14.5 Å². The van der Waals surface area contributed by atoms with Crippen molar-refractivity contribution in [1.82, 2.24) is 14.9 Å². The van der Waals surface area contributed by atoms with Crippen LogP contribution < -0.4 is 14.5 Å². The molecule has 32 heavy (non-hydrogen) atoms. The van der Waals surface area contributed by atoms with Crippen LogP contribution in [0.15, 0.2) is 59.2 Å². The summed E-state index contributed by atoms with van der Waals surface area (Å²) in [7, 11) is 1.73. The van der Waals surface area contributed by atoms with E-state index in [-0.39, 0.29) is 0 Å². The van der Waals surface area contributed by atoms with E-state index >= 15 is 0 Å². The largest absolute Gasteiger partial charge is 0.495 e. The molecule has 1 aromatic heterocycles. The van der Waals surface area contributed by atoms with Gasteiger partial charge in [0, 0.05) is 68.5 Å². The van der Waals surface area contributed by atoms with Crippen molar-refractivity contribution in [3.8, 4) is 5.75 Å². The Hall–Kier alpha value is -2.64. The van der Waals surface area contributed by atoms with Crippen LogP contribution in [0.2, 0.25) is 0 Å². The number of piperazine rings is 1. The van der Waals surface area contributed by atoms with Crippen LogP contribution in [-0.2, 0) is 19.5 Å². The molecule has 0 amide bonds. The lowest BCUT2D eigenvalue weighted by atomic mass is 10.1. The summed E-state index contributed by atoms with van der Waals surface area (Å²) in [5.74, 6) is 1.79. The van der Waals surface area contributed by atoms with E-state index in [9.17, 15) is 0 Å².